The van der Waals surface area contributed by atoms with E-state index in [4.69, 9.17) is 4.74 Å². The average molecular weight is 371 g/mol. The lowest BCUT2D eigenvalue weighted by Gasteiger charge is -2.35. The molecule has 2 aliphatic heterocycles. The van der Waals surface area contributed by atoms with Crippen molar-refractivity contribution >= 4 is 5.69 Å². The molecule has 4 heteroatoms. The number of anilines is 1. The first kappa shape index (κ1) is 17.3. The lowest BCUT2D eigenvalue weighted by molar-refractivity contribution is 0.220. The van der Waals surface area contributed by atoms with Crippen molar-refractivity contribution in [3.63, 3.8) is 0 Å². The van der Waals surface area contributed by atoms with Gasteiger partial charge in [-0.05, 0) is 77.5 Å². The van der Waals surface area contributed by atoms with Crippen molar-refractivity contribution in [2.45, 2.75) is 19.0 Å². The highest BCUT2D eigenvalue weighted by Crippen LogP contribution is 2.45. The van der Waals surface area contributed by atoms with Gasteiger partial charge in [0.05, 0.1) is 7.11 Å². The summed E-state index contributed by atoms with van der Waals surface area (Å²) in [4.78, 5) is 6.79. The fourth-order valence-electron chi connectivity index (χ4n) is 4.66. The lowest BCUT2D eigenvalue weighted by atomic mass is 9.87. The van der Waals surface area contributed by atoms with Crippen molar-refractivity contribution in [2.24, 2.45) is 5.92 Å². The van der Waals surface area contributed by atoms with Crippen LogP contribution in [0.4, 0.5) is 5.69 Å². The van der Waals surface area contributed by atoms with E-state index in [1.165, 1.54) is 34.4 Å². The number of hydrogen-bond donors (Lipinski definition) is 1. The smallest absolute Gasteiger partial charge is 0.118 e. The topological polar surface area (TPSA) is 37.4 Å². The Balaban J connectivity index is 1.48. The summed E-state index contributed by atoms with van der Waals surface area (Å²) >= 11 is 0. The fraction of sp³-hybridized carbons (Fsp3) is 0.292. The Morgan fingerprint density at radius 1 is 1.04 bits per heavy atom. The second-order valence-corrected chi connectivity index (χ2v) is 7.73. The van der Waals surface area contributed by atoms with Crippen molar-refractivity contribution in [1.82, 2.24) is 9.88 Å². The quantitative estimate of drug-likeness (QED) is 0.718. The number of fused-ring (bicyclic) bond motifs is 3. The van der Waals surface area contributed by atoms with E-state index >= 15 is 0 Å². The van der Waals surface area contributed by atoms with Crippen LogP contribution in [0.1, 0.15) is 23.6 Å². The number of pyridine rings is 1. The predicted octanol–water partition coefficient (Wildman–Crippen LogP) is 4.75. The van der Waals surface area contributed by atoms with Crippen LogP contribution in [-0.2, 0) is 6.54 Å². The monoisotopic (exact) mass is 371 g/mol. The van der Waals surface area contributed by atoms with Crippen molar-refractivity contribution in [3.05, 3.63) is 78.1 Å². The second kappa shape index (κ2) is 7.28. The highest BCUT2D eigenvalue weighted by molar-refractivity contribution is 5.70. The van der Waals surface area contributed by atoms with Gasteiger partial charge >= 0.3 is 0 Å². The van der Waals surface area contributed by atoms with Gasteiger partial charge in [-0.25, -0.2) is 0 Å². The molecule has 1 N–H and O–H groups in total. The second-order valence-electron chi connectivity index (χ2n) is 7.73. The number of methoxy groups -OCH3 is 1. The van der Waals surface area contributed by atoms with Gasteiger partial charge in [0.2, 0.25) is 0 Å². The number of aromatic nitrogens is 1. The van der Waals surface area contributed by atoms with Crippen LogP contribution in [0.25, 0.3) is 11.1 Å². The van der Waals surface area contributed by atoms with E-state index in [0.29, 0.717) is 12.0 Å². The van der Waals surface area contributed by atoms with Crippen LogP contribution in [0.2, 0.25) is 0 Å². The van der Waals surface area contributed by atoms with Crippen molar-refractivity contribution in [2.75, 3.05) is 25.5 Å². The average Bonchev–Trinajstić information content (AvgIpc) is 3.17. The summed E-state index contributed by atoms with van der Waals surface area (Å²) in [5.41, 5.74) is 6.53. The third-order valence-electron chi connectivity index (χ3n) is 6.11. The molecule has 1 saturated heterocycles. The Hall–Kier alpha value is -2.85. The van der Waals surface area contributed by atoms with Crippen LogP contribution in [0.3, 0.4) is 0 Å². The standard InChI is InChI=1S/C24H25N3O/c1-28-21-5-2-18(3-6-21)19-4-7-23-22(14-19)24-20(15-26-23)10-13-27(24)16-17-8-11-25-12-9-17/h2-9,11-12,14,20,24,26H,10,13,15-16H2,1H3/t20-,24-/m0/s1. The molecule has 3 aromatic rings. The minimum Gasteiger partial charge on any atom is -0.497 e. The molecular formula is C24H25N3O. The lowest BCUT2D eigenvalue weighted by Crippen LogP contribution is -2.32. The third-order valence-corrected chi connectivity index (χ3v) is 6.11. The molecule has 2 aliphatic rings. The SMILES string of the molecule is COc1ccc(-c2ccc3c(c2)[C@@H]2[C@@H](CCN2Cc2ccncc2)CN3)cc1. The van der Waals surface area contributed by atoms with E-state index in [1.54, 1.807) is 7.11 Å². The number of likely N-dealkylation sites (tertiary alicyclic amines) is 1. The minimum absolute atomic E-state index is 0.475. The molecule has 1 fully saturated rings. The Morgan fingerprint density at radius 3 is 2.61 bits per heavy atom. The number of nitrogens with one attached hydrogen (secondary N) is 1. The van der Waals surface area contributed by atoms with Gasteiger partial charge in [-0.15, -0.1) is 0 Å². The fourth-order valence-corrected chi connectivity index (χ4v) is 4.66. The Bertz CT molecular complexity index is 955. The van der Waals surface area contributed by atoms with Gasteiger partial charge < -0.3 is 10.1 Å². The van der Waals surface area contributed by atoms with Crippen LogP contribution in [0.15, 0.2) is 67.0 Å². The van der Waals surface area contributed by atoms with Gasteiger partial charge in [-0.2, -0.15) is 0 Å². The van der Waals surface area contributed by atoms with E-state index in [9.17, 15) is 0 Å². The molecule has 0 amide bonds. The molecule has 0 spiro atoms. The molecule has 142 valence electrons. The van der Waals surface area contributed by atoms with E-state index < -0.39 is 0 Å². The Kier molecular flexibility index (Phi) is 4.49. The molecule has 1 aromatic heterocycles. The van der Waals surface area contributed by atoms with Gasteiger partial charge in [0.25, 0.3) is 0 Å². The van der Waals surface area contributed by atoms with Crippen LogP contribution in [0.5, 0.6) is 5.75 Å². The zero-order valence-corrected chi connectivity index (χ0v) is 16.1. The predicted molar refractivity (Wildman–Crippen MR) is 112 cm³/mol. The molecule has 0 unspecified atom stereocenters. The molecule has 4 nitrogen and oxygen atoms in total. The maximum absolute atomic E-state index is 5.30. The molecular weight excluding hydrogens is 346 g/mol. The summed E-state index contributed by atoms with van der Waals surface area (Å²) in [6.07, 6.45) is 5.02. The number of ether oxygens (including phenoxy) is 1. The van der Waals surface area contributed by atoms with Gasteiger partial charge in [-0.1, -0.05) is 18.2 Å². The summed E-state index contributed by atoms with van der Waals surface area (Å²) in [6, 6.07) is 19.9. The molecule has 5 rings (SSSR count). The van der Waals surface area contributed by atoms with E-state index in [-0.39, 0.29) is 0 Å². The Morgan fingerprint density at radius 2 is 1.82 bits per heavy atom. The van der Waals surface area contributed by atoms with Gasteiger partial charge in [0.15, 0.2) is 0 Å². The molecule has 0 radical (unpaired) electrons. The number of benzene rings is 2. The number of rotatable bonds is 4. The van der Waals surface area contributed by atoms with Gasteiger partial charge in [-0.3, -0.25) is 9.88 Å². The highest BCUT2D eigenvalue weighted by Gasteiger charge is 2.38. The van der Waals surface area contributed by atoms with Crippen molar-refractivity contribution in [3.8, 4) is 16.9 Å². The first-order valence-electron chi connectivity index (χ1n) is 9.97. The number of nitrogens with zero attached hydrogens (tertiary/aromatic N) is 2. The normalized spacial score (nSPS) is 20.9. The zero-order valence-electron chi connectivity index (χ0n) is 16.1. The minimum atomic E-state index is 0.475. The molecule has 0 saturated carbocycles. The maximum Gasteiger partial charge on any atom is 0.118 e. The van der Waals surface area contributed by atoms with E-state index in [2.05, 4.69) is 57.7 Å². The molecule has 0 aliphatic carbocycles. The first-order chi connectivity index (χ1) is 13.8. The van der Waals surface area contributed by atoms with Crippen molar-refractivity contribution < 1.29 is 4.74 Å². The summed E-state index contributed by atoms with van der Waals surface area (Å²) in [5.74, 6) is 1.56. The molecule has 3 heterocycles. The van der Waals surface area contributed by atoms with Crippen LogP contribution < -0.4 is 10.1 Å². The molecule has 2 aromatic carbocycles. The summed E-state index contributed by atoms with van der Waals surface area (Å²) in [7, 11) is 1.71. The molecule has 28 heavy (non-hydrogen) atoms. The number of hydrogen-bond acceptors (Lipinski definition) is 4. The first-order valence-corrected chi connectivity index (χ1v) is 9.97. The van der Waals surface area contributed by atoms with Gasteiger partial charge in [0.1, 0.15) is 5.75 Å². The van der Waals surface area contributed by atoms with Gasteiger partial charge in [0, 0.05) is 37.2 Å². The summed E-state index contributed by atoms with van der Waals surface area (Å²) in [6.45, 7) is 3.19. The highest BCUT2D eigenvalue weighted by atomic mass is 16.5. The molecule has 0 bridgehead atoms. The van der Waals surface area contributed by atoms with Crippen LogP contribution in [-0.4, -0.2) is 30.1 Å². The summed E-state index contributed by atoms with van der Waals surface area (Å²) in [5, 5.41) is 3.66. The largest absolute Gasteiger partial charge is 0.497 e. The third kappa shape index (κ3) is 3.14. The van der Waals surface area contributed by atoms with Crippen LogP contribution in [0, 0.1) is 5.92 Å². The molecule has 2 atom stereocenters. The van der Waals surface area contributed by atoms with Crippen LogP contribution >= 0.6 is 0 Å². The van der Waals surface area contributed by atoms with E-state index in [1.807, 2.05) is 24.5 Å². The maximum atomic E-state index is 5.30. The van der Waals surface area contributed by atoms with E-state index in [0.717, 1.165) is 25.4 Å². The zero-order chi connectivity index (χ0) is 18.9. The van der Waals surface area contributed by atoms with Crippen molar-refractivity contribution in [1.29, 1.82) is 0 Å². The Labute approximate surface area is 166 Å². The summed E-state index contributed by atoms with van der Waals surface area (Å²) < 4.78 is 5.30.